The fourth-order valence-electron chi connectivity index (χ4n) is 2.43. The molecule has 1 saturated carbocycles. The fourth-order valence-corrected chi connectivity index (χ4v) is 3.14. The van der Waals surface area contributed by atoms with E-state index in [0.29, 0.717) is 18.4 Å². The zero-order chi connectivity index (χ0) is 17.4. The molecule has 1 aromatic rings. The highest BCUT2D eigenvalue weighted by Crippen LogP contribution is 2.63. The molecule has 1 aromatic carbocycles. The van der Waals surface area contributed by atoms with Crippen molar-refractivity contribution in [2.24, 2.45) is 11.1 Å². The Balaban J connectivity index is 2.26. The number of benzene rings is 1. The van der Waals surface area contributed by atoms with Crippen molar-refractivity contribution < 1.29 is 9.59 Å². The Labute approximate surface area is 146 Å². The van der Waals surface area contributed by atoms with Crippen molar-refractivity contribution in [3.8, 4) is 0 Å². The van der Waals surface area contributed by atoms with Crippen molar-refractivity contribution in [3.63, 3.8) is 0 Å². The van der Waals surface area contributed by atoms with Crippen LogP contribution in [0.2, 0.25) is 0 Å². The summed E-state index contributed by atoms with van der Waals surface area (Å²) in [6, 6.07) is 6.01. The Morgan fingerprint density at radius 2 is 1.83 bits per heavy atom. The van der Waals surface area contributed by atoms with E-state index in [4.69, 9.17) is 28.9 Å². The summed E-state index contributed by atoms with van der Waals surface area (Å²) in [6.45, 7) is 5.48. The number of carbonyl (C=O) groups is 2. The van der Waals surface area contributed by atoms with E-state index in [0.717, 1.165) is 5.56 Å². The van der Waals surface area contributed by atoms with Crippen LogP contribution in [-0.4, -0.2) is 22.1 Å². The van der Waals surface area contributed by atoms with Crippen LogP contribution in [0.4, 0.5) is 0 Å². The normalized spacial score (nSPS) is 24.6. The minimum atomic E-state index is -1.08. The summed E-state index contributed by atoms with van der Waals surface area (Å²) in [5.74, 6) is -0.548. The Kier molecular flexibility index (Phi) is 5.09. The molecule has 4 nitrogen and oxygen atoms in total. The predicted octanol–water partition coefficient (Wildman–Crippen LogP) is 3.04. The molecule has 1 fully saturated rings. The van der Waals surface area contributed by atoms with Crippen LogP contribution >= 0.6 is 23.2 Å². The molecule has 23 heavy (non-hydrogen) atoms. The maximum Gasteiger partial charge on any atom is 0.229 e. The highest BCUT2D eigenvalue weighted by Gasteiger charge is 2.68. The van der Waals surface area contributed by atoms with Gasteiger partial charge in [0.15, 0.2) is 5.78 Å². The molecule has 0 aromatic heterocycles. The predicted molar refractivity (Wildman–Crippen MR) is 92.5 cm³/mol. The quantitative estimate of drug-likeness (QED) is 0.769. The number of nitrogens with one attached hydrogen (secondary N) is 1. The number of Topliss-reactive ketones (excluding diaryl/α,β-unsaturated/α-hetero) is 1. The second kappa shape index (κ2) is 6.42. The largest absolute Gasteiger partial charge is 0.342 e. The second-order valence-electron chi connectivity index (χ2n) is 6.45. The van der Waals surface area contributed by atoms with E-state index in [9.17, 15) is 9.59 Å². The molecule has 2 rings (SSSR count). The number of hydrogen-bond acceptors (Lipinski definition) is 3. The number of amides is 1. The molecule has 6 heteroatoms. The third-order valence-electron chi connectivity index (χ3n) is 4.53. The van der Waals surface area contributed by atoms with E-state index in [2.05, 4.69) is 5.32 Å². The van der Waals surface area contributed by atoms with Crippen LogP contribution < -0.4 is 11.1 Å². The number of halogens is 2. The first-order valence-corrected chi connectivity index (χ1v) is 8.42. The van der Waals surface area contributed by atoms with Crippen molar-refractivity contribution in [2.45, 2.75) is 50.0 Å². The molecule has 0 saturated heterocycles. The van der Waals surface area contributed by atoms with E-state index in [1.807, 2.05) is 38.1 Å². The molecule has 0 spiro atoms. The third kappa shape index (κ3) is 3.54. The van der Waals surface area contributed by atoms with Crippen LogP contribution in [0, 0.1) is 12.3 Å². The summed E-state index contributed by atoms with van der Waals surface area (Å²) < 4.78 is -1.08. The number of rotatable bonds is 6. The maximum atomic E-state index is 12.6. The molecule has 0 radical (unpaired) electrons. The third-order valence-corrected chi connectivity index (χ3v) is 5.64. The van der Waals surface area contributed by atoms with Crippen molar-refractivity contribution in [1.29, 1.82) is 0 Å². The Bertz CT molecular complexity index is 616. The van der Waals surface area contributed by atoms with E-state index < -0.39 is 21.8 Å². The number of nitrogens with two attached hydrogens (primary N) is 1. The summed E-state index contributed by atoms with van der Waals surface area (Å²) in [5, 5.41) is 2.79. The van der Waals surface area contributed by atoms with Crippen molar-refractivity contribution in [3.05, 3.63) is 35.4 Å². The fraction of sp³-hybridized carbons (Fsp3) is 0.529. The first-order chi connectivity index (χ1) is 10.6. The number of ketones is 1. The Morgan fingerprint density at radius 1 is 1.30 bits per heavy atom. The van der Waals surface area contributed by atoms with Crippen LogP contribution in [0.1, 0.15) is 43.9 Å². The van der Waals surface area contributed by atoms with Gasteiger partial charge in [-0.25, -0.2) is 0 Å². The average molecular weight is 357 g/mol. The van der Waals surface area contributed by atoms with Gasteiger partial charge in [0.05, 0.1) is 11.5 Å². The van der Waals surface area contributed by atoms with Gasteiger partial charge in [-0.2, -0.15) is 0 Å². The summed E-state index contributed by atoms with van der Waals surface area (Å²) in [4.78, 5) is 25.1. The molecule has 3 unspecified atom stereocenters. The Morgan fingerprint density at radius 3 is 2.26 bits per heavy atom. The molecule has 3 atom stereocenters. The maximum absolute atomic E-state index is 12.6. The SMILES string of the molecule is CCC(N)C(=O)C(NC(=O)C1(C)CC1(Cl)Cl)c1ccc(C)cc1. The first kappa shape index (κ1) is 18.2. The van der Waals surface area contributed by atoms with Gasteiger partial charge in [0.1, 0.15) is 10.4 Å². The van der Waals surface area contributed by atoms with Crippen LogP contribution in [0.3, 0.4) is 0 Å². The molecule has 1 aliphatic carbocycles. The van der Waals surface area contributed by atoms with Gasteiger partial charge in [-0.1, -0.05) is 36.8 Å². The van der Waals surface area contributed by atoms with Crippen molar-refractivity contribution >= 4 is 34.9 Å². The lowest BCUT2D eigenvalue weighted by molar-refractivity contribution is -0.131. The molecule has 1 amide bonds. The summed E-state index contributed by atoms with van der Waals surface area (Å²) >= 11 is 12.1. The van der Waals surface area contributed by atoms with Gasteiger partial charge in [0, 0.05) is 0 Å². The lowest BCUT2D eigenvalue weighted by Gasteiger charge is -2.23. The number of carbonyl (C=O) groups excluding carboxylic acids is 2. The lowest BCUT2D eigenvalue weighted by atomic mass is 9.95. The van der Waals surface area contributed by atoms with Crippen LogP contribution in [0.15, 0.2) is 24.3 Å². The van der Waals surface area contributed by atoms with Crippen LogP contribution in [0.5, 0.6) is 0 Å². The van der Waals surface area contributed by atoms with Crippen LogP contribution in [0.25, 0.3) is 0 Å². The molecule has 1 aliphatic rings. The standard InChI is InChI=1S/C17H22Cl2N2O2/c1-4-12(20)14(22)13(11-7-5-10(2)6-8-11)21-15(23)16(3)9-17(16,18)19/h5-8,12-13H,4,9,20H2,1-3H3,(H,21,23). The molecule has 3 N–H and O–H groups in total. The van der Waals surface area contributed by atoms with Gasteiger partial charge in [0.25, 0.3) is 0 Å². The second-order valence-corrected chi connectivity index (χ2v) is 7.93. The van der Waals surface area contributed by atoms with Gasteiger partial charge >= 0.3 is 0 Å². The van der Waals surface area contributed by atoms with Gasteiger partial charge in [0.2, 0.25) is 5.91 Å². The zero-order valence-electron chi connectivity index (χ0n) is 13.5. The van der Waals surface area contributed by atoms with Crippen LogP contribution in [-0.2, 0) is 9.59 Å². The first-order valence-electron chi connectivity index (χ1n) is 7.67. The molecule has 0 bridgehead atoms. The topological polar surface area (TPSA) is 72.2 Å². The van der Waals surface area contributed by atoms with Gasteiger partial charge in [-0.3, -0.25) is 9.59 Å². The highest BCUT2D eigenvalue weighted by atomic mass is 35.5. The zero-order valence-corrected chi connectivity index (χ0v) is 15.0. The molecule has 126 valence electrons. The van der Waals surface area contributed by atoms with E-state index in [-0.39, 0.29) is 11.7 Å². The average Bonchev–Trinajstić information content (AvgIpc) is 3.04. The van der Waals surface area contributed by atoms with Gasteiger partial charge in [-0.15, -0.1) is 23.2 Å². The molecular weight excluding hydrogens is 335 g/mol. The summed E-state index contributed by atoms with van der Waals surface area (Å²) in [6.07, 6.45) is 0.868. The van der Waals surface area contributed by atoms with Crippen molar-refractivity contribution in [1.82, 2.24) is 5.32 Å². The van der Waals surface area contributed by atoms with Gasteiger partial charge < -0.3 is 11.1 Å². The van der Waals surface area contributed by atoms with E-state index in [1.54, 1.807) is 6.92 Å². The van der Waals surface area contributed by atoms with Gasteiger partial charge in [-0.05, 0) is 32.3 Å². The number of aryl methyl sites for hydroxylation is 1. The minimum absolute atomic E-state index is 0.219. The Hall–Kier alpha value is -1.10. The minimum Gasteiger partial charge on any atom is -0.342 e. The summed E-state index contributed by atoms with van der Waals surface area (Å²) in [5.41, 5.74) is 6.78. The molecular formula is C17H22Cl2N2O2. The highest BCUT2D eigenvalue weighted by molar-refractivity contribution is 6.53. The van der Waals surface area contributed by atoms with E-state index >= 15 is 0 Å². The van der Waals surface area contributed by atoms with E-state index in [1.165, 1.54) is 0 Å². The number of hydrogen-bond donors (Lipinski definition) is 2. The monoisotopic (exact) mass is 356 g/mol. The number of alkyl halides is 2. The van der Waals surface area contributed by atoms with Crippen molar-refractivity contribution in [2.75, 3.05) is 0 Å². The molecule has 0 heterocycles. The smallest absolute Gasteiger partial charge is 0.229 e. The summed E-state index contributed by atoms with van der Waals surface area (Å²) in [7, 11) is 0. The molecule has 0 aliphatic heterocycles. The lowest BCUT2D eigenvalue weighted by Crippen LogP contribution is -2.44.